The highest BCUT2D eigenvalue weighted by atomic mass is 15.1. The van der Waals surface area contributed by atoms with Gasteiger partial charge < -0.3 is 4.98 Å². The van der Waals surface area contributed by atoms with Crippen molar-refractivity contribution in [3.63, 3.8) is 0 Å². The Hall–Kier alpha value is -4.46. The van der Waals surface area contributed by atoms with E-state index in [1.54, 1.807) is 37.2 Å². The Morgan fingerprint density at radius 3 is 2.37 bits per heavy atom. The first-order valence-electron chi connectivity index (χ1n) is 9.35. The molecule has 6 rings (SSSR count). The number of pyridine rings is 3. The topological polar surface area (TPSA) is 109 Å². The largest absolute Gasteiger partial charge is 0.353 e. The number of hydrogen-bond donors (Lipinski definition) is 2. The Balaban J connectivity index is 1.52. The maximum absolute atomic E-state index is 4.59. The summed E-state index contributed by atoms with van der Waals surface area (Å²) in [7, 11) is 0. The van der Waals surface area contributed by atoms with Gasteiger partial charge in [-0.15, -0.1) is 0 Å². The summed E-state index contributed by atoms with van der Waals surface area (Å²) in [5, 5.41) is 9.60. The van der Waals surface area contributed by atoms with Crippen LogP contribution in [0.5, 0.6) is 0 Å². The molecule has 0 aromatic carbocycles. The van der Waals surface area contributed by atoms with Gasteiger partial charge in [0, 0.05) is 58.4 Å². The average molecular weight is 390 g/mol. The molecule has 0 saturated heterocycles. The molecule has 30 heavy (non-hydrogen) atoms. The minimum Gasteiger partial charge on any atom is -0.353 e. The first-order valence-corrected chi connectivity index (χ1v) is 9.35. The van der Waals surface area contributed by atoms with Crippen molar-refractivity contribution in [1.29, 1.82) is 0 Å². The monoisotopic (exact) mass is 390 g/mol. The molecule has 2 N–H and O–H groups in total. The van der Waals surface area contributed by atoms with Crippen LogP contribution in [-0.4, -0.2) is 40.1 Å². The normalized spacial score (nSPS) is 11.3. The van der Waals surface area contributed by atoms with E-state index in [0.29, 0.717) is 0 Å². The van der Waals surface area contributed by atoms with E-state index in [2.05, 4.69) is 46.2 Å². The highest BCUT2D eigenvalue weighted by molar-refractivity contribution is 6.00. The number of H-pyrrole nitrogens is 2. The predicted octanol–water partition coefficient (Wildman–Crippen LogP) is 4.02. The number of hydrogen-bond acceptors (Lipinski definition) is 6. The van der Waals surface area contributed by atoms with Gasteiger partial charge in [-0.05, 0) is 30.3 Å². The van der Waals surface area contributed by atoms with E-state index in [-0.39, 0.29) is 0 Å². The number of rotatable bonds is 3. The summed E-state index contributed by atoms with van der Waals surface area (Å²) < 4.78 is 0. The minimum absolute atomic E-state index is 0.793. The van der Waals surface area contributed by atoms with Crippen LogP contribution in [0.4, 0.5) is 0 Å². The van der Waals surface area contributed by atoms with Gasteiger partial charge in [-0.25, -0.2) is 9.97 Å². The zero-order valence-electron chi connectivity index (χ0n) is 15.6. The van der Waals surface area contributed by atoms with E-state index in [0.717, 1.165) is 55.7 Å². The van der Waals surface area contributed by atoms with Gasteiger partial charge in [-0.3, -0.25) is 20.1 Å². The van der Waals surface area contributed by atoms with Crippen LogP contribution in [-0.2, 0) is 0 Å². The van der Waals surface area contributed by atoms with E-state index in [1.807, 2.05) is 24.3 Å². The van der Waals surface area contributed by atoms with Crippen LogP contribution in [0.1, 0.15) is 0 Å². The Bertz CT molecular complexity index is 1490. The first-order chi connectivity index (χ1) is 14.9. The van der Waals surface area contributed by atoms with Crippen molar-refractivity contribution in [2.24, 2.45) is 0 Å². The SMILES string of the molecule is c1cc(-c2nccc3[nH]c(-c4n[nH]c5cnc(-c6cncnc6)cc45)cc23)ccn1. The lowest BCUT2D eigenvalue weighted by atomic mass is 10.1. The molecule has 0 amide bonds. The Morgan fingerprint density at radius 1 is 0.667 bits per heavy atom. The van der Waals surface area contributed by atoms with Gasteiger partial charge in [0.15, 0.2) is 0 Å². The van der Waals surface area contributed by atoms with Crippen molar-refractivity contribution in [3.8, 4) is 33.9 Å². The lowest BCUT2D eigenvalue weighted by Gasteiger charge is -2.01. The van der Waals surface area contributed by atoms with Crippen molar-refractivity contribution < 1.29 is 0 Å². The highest BCUT2D eigenvalue weighted by Crippen LogP contribution is 2.33. The second kappa shape index (κ2) is 6.56. The Kier molecular flexibility index (Phi) is 3.60. The minimum atomic E-state index is 0.793. The number of aromatic amines is 2. The summed E-state index contributed by atoms with van der Waals surface area (Å²) in [5.74, 6) is 0. The summed E-state index contributed by atoms with van der Waals surface area (Å²) in [6.07, 6.45) is 12.1. The Morgan fingerprint density at radius 2 is 1.50 bits per heavy atom. The van der Waals surface area contributed by atoms with Gasteiger partial charge in [-0.2, -0.15) is 5.10 Å². The summed E-state index contributed by atoms with van der Waals surface area (Å²) in [6.45, 7) is 0. The zero-order chi connectivity index (χ0) is 19.9. The molecule has 0 fully saturated rings. The molecule has 0 spiro atoms. The third kappa shape index (κ3) is 2.62. The van der Waals surface area contributed by atoms with Crippen molar-refractivity contribution in [2.75, 3.05) is 0 Å². The molecule has 6 aromatic rings. The van der Waals surface area contributed by atoms with Gasteiger partial charge in [0.2, 0.25) is 0 Å². The summed E-state index contributed by atoms with van der Waals surface area (Å²) in [5.41, 5.74) is 7.15. The molecule has 0 aliphatic carbocycles. The van der Waals surface area contributed by atoms with Crippen LogP contribution in [0.2, 0.25) is 0 Å². The third-order valence-electron chi connectivity index (χ3n) is 5.06. The number of nitrogens with one attached hydrogen (secondary N) is 2. The second-order valence-electron chi connectivity index (χ2n) is 6.85. The summed E-state index contributed by atoms with van der Waals surface area (Å²) in [6, 6.07) is 9.96. The molecule has 142 valence electrons. The molecule has 0 atom stereocenters. The first kappa shape index (κ1) is 16.5. The molecule has 0 aliphatic rings. The molecule has 0 saturated carbocycles. The van der Waals surface area contributed by atoms with Crippen molar-refractivity contribution in [2.45, 2.75) is 0 Å². The number of nitrogens with zero attached hydrogens (tertiary/aromatic N) is 6. The average Bonchev–Trinajstić information content (AvgIpc) is 3.43. The van der Waals surface area contributed by atoms with Crippen molar-refractivity contribution in [3.05, 3.63) is 73.8 Å². The fraction of sp³-hybridized carbons (Fsp3) is 0. The Labute approximate surface area is 170 Å². The second-order valence-corrected chi connectivity index (χ2v) is 6.85. The quantitative estimate of drug-likeness (QED) is 0.472. The maximum atomic E-state index is 4.59. The fourth-order valence-electron chi connectivity index (χ4n) is 3.63. The zero-order valence-corrected chi connectivity index (χ0v) is 15.6. The maximum Gasteiger partial charge on any atom is 0.116 e. The van der Waals surface area contributed by atoms with E-state index < -0.39 is 0 Å². The molecule has 6 heterocycles. The van der Waals surface area contributed by atoms with Gasteiger partial charge in [0.25, 0.3) is 0 Å². The molecular weight excluding hydrogens is 376 g/mol. The van der Waals surface area contributed by atoms with E-state index in [4.69, 9.17) is 0 Å². The molecule has 8 heteroatoms. The lowest BCUT2D eigenvalue weighted by Crippen LogP contribution is -1.86. The van der Waals surface area contributed by atoms with Crippen LogP contribution in [0.15, 0.2) is 73.8 Å². The van der Waals surface area contributed by atoms with E-state index >= 15 is 0 Å². The van der Waals surface area contributed by atoms with E-state index in [9.17, 15) is 0 Å². The number of fused-ring (bicyclic) bond motifs is 2. The molecule has 6 aromatic heterocycles. The van der Waals surface area contributed by atoms with Crippen LogP contribution in [0, 0.1) is 0 Å². The van der Waals surface area contributed by atoms with Gasteiger partial charge in [-0.1, -0.05) is 0 Å². The summed E-state index contributed by atoms with van der Waals surface area (Å²) in [4.78, 5) is 24.8. The van der Waals surface area contributed by atoms with Crippen molar-refractivity contribution >= 4 is 21.8 Å². The predicted molar refractivity (Wildman–Crippen MR) is 113 cm³/mol. The van der Waals surface area contributed by atoms with Crippen LogP contribution in [0.3, 0.4) is 0 Å². The van der Waals surface area contributed by atoms with Gasteiger partial charge >= 0.3 is 0 Å². The third-order valence-corrected chi connectivity index (χ3v) is 5.06. The molecule has 0 bridgehead atoms. The van der Waals surface area contributed by atoms with Crippen LogP contribution >= 0.6 is 0 Å². The van der Waals surface area contributed by atoms with Gasteiger partial charge in [0.1, 0.15) is 12.0 Å². The summed E-state index contributed by atoms with van der Waals surface area (Å²) >= 11 is 0. The fourth-order valence-corrected chi connectivity index (χ4v) is 3.63. The number of aromatic nitrogens is 8. The van der Waals surface area contributed by atoms with Crippen LogP contribution < -0.4 is 0 Å². The highest BCUT2D eigenvalue weighted by Gasteiger charge is 2.15. The van der Waals surface area contributed by atoms with Crippen LogP contribution in [0.25, 0.3) is 55.7 Å². The standard InChI is InChI=1S/C22H14N8/c1-4-23-5-2-13(1)21-15-8-19(28-17(15)3-6-26-21)22-16-7-18(14-9-24-12-25-10-14)27-11-20(16)29-30-22/h1-12,28H,(H,29,30). The molecule has 8 nitrogen and oxygen atoms in total. The smallest absolute Gasteiger partial charge is 0.116 e. The van der Waals surface area contributed by atoms with Gasteiger partial charge in [0.05, 0.1) is 28.8 Å². The molecule has 0 unspecified atom stereocenters. The lowest BCUT2D eigenvalue weighted by molar-refractivity contribution is 1.11. The molecule has 0 aliphatic heterocycles. The molecular formula is C22H14N8. The molecule has 0 radical (unpaired) electrons. The van der Waals surface area contributed by atoms with Crippen molar-refractivity contribution in [1.82, 2.24) is 40.1 Å². The van der Waals surface area contributed by atoms with E-state index in [1.165, 1.54) is 6.33 Å².